The number of carbonyl (C=O) groups is 2. The van der Waals surface area contributed by atoms with Crippen LogP contribution in [0.4, 0.5) is 0 Å². The Hall–Kier alpha value is -3.26. The number of carbonyl (C=O) groups excluding carboxylic acids is 1. The van der Waals surface area contributed by atoms with Crippen molar-refractivity contribution in [1.82, 2.24) is 4.90 Å². The van der Waals surface area contributed by atoms with E-state index in [0.717, 1.165) is 5.56 Å². The molecule has 0 aliphatic heterocycles. The van der Waals surface area contributed by atoms with E-state index in [1.165, 1.54) is 17.0 Å². The van der Waals surface area contributed by atoms with Gasteiger partial charge in [0.25, 0.3) is 5.91 Å². The van der Waals surface area contributed by atoms with E-state index in [-0.39, 0.29) is 24.0 Å². The van der Waals surface area contributed by atoms with Crippen molar-refractivity contribution in [3.63, 3.8) is 0 Å². The number of carboxylic acids is 1. The summed E-state index contributed by atoms with van der Waals surface area (Å²) in [5.74, 6) is 0.981. The largest absolute Gasteiger partial charge is 0.508 e. The fraction of sp³-hybridized carbons (Fsp3) is 0.273. The van der Waals surface area contributed by atoms with Crippen molar-refractivity contribution in [3.8, 4) is 11.7 Å². The van der Waals surface area contributed by atoms with Gasteiger partial charge in [-0.3, -0.25) is 4.79 Å². The summed E-state index contributed by atoms with van der Waals surface area (Å²) < 4.78 is 0. The van der Waals surface area contributed by atoms with Crippen molar-refractivity contribution >= 4 is 11.9 Å². The molecule has 5 nitrogen and oxygen atoms in total. The van der Waals surface area contributed by atoms with Crippen molar-refractivity contribution in [3.05, 3.63) is 71.6 Å². The van der Waals surface area contributed by atoms with Crippen LogP contribution in [0.3, 0.4) is 0 Å². The number of carboxylic acid groups (broad SMARTS) is 1. The molecule has 1 atom stereocenters. The summed E-state index contributed by atoms with van der Waals surface area (Å²) in [6.07, 6.45) is 7.26. The standard InChI is InChI=1S/C22H22NO4/c1-4-16-5-9-18(10-6-16)21(25)23(14-15(2)3)20(22(26)27)13-17-7-11-19(24)12-8-17/h5-12,15,20,24H,13-14H2,2-3H3,(H,26,27). The number of rotatable bonds is 7. The number of nitrogens with zero attached hydrogens (tertiary/aromatic N) is 1. The topological polar surface area (TPSA) is 77.8 Å². The van der Waals surface area contributed by atoms with Gasteiger partial charge < -0.3 is 15.1 Å². The third kappa shape index (κ3) is 5.35. The van der Waals surface area contributed by atoms with Gasteiger partial charge in [0.15, 0.2) is 0 Å². The molecule has 0 spiro atoms. The molecule has 2 aromatic rings. The Balaban J connectivity index is 2.34. The van der Waals surface area contributed by atoms with Gasteiger partial charge in [-0.2, -0.15) is 0 Å². The van der Waals surface area contributed by atoms with Gasteiger partial charge in [0.1, 0.15) is 11.8 Å². The normalized spacial score (nSPS) is 11.6. The minimum Gasteiger partial charge on any atom is -0.508 e. The third-order valence-electron chi connectivity index (χ3n) is 4.13. The van der Waals surface area contributed by atoms with Gasteiger partial charge >= 0.3 is 5.97 Å². The lowest BCUT2D eigenvalue weighted by molar-refractivity contribution is -0.142. The average molecular weight is 364 g/mol. The molecule has 0 bridgehead atoms. The Bertz CT molecular complexity index is 832. The molecule has 139 valence electrons. The van der Waals surface area contributed by atoms with Gasteiger partial charge in [-0.15, -0.1) is 0 Å². The molecule has 0 aliphatic carbocycles. The molecule has 0 saturated heterocycles. The maximum Gasteiger partial charge on any atom is 0.326 e. The summed E-state index contributed by atoms with van der Waals surface area (Å²) in [4.78, 5) is 26.4. The minimum atomic E-state index is -1.08. The molecule has 0 fully saturated rings. The van der Waals surface area contributed by atoms with E-state index in [1.807, 2.05) is 13.8 Å². The molecule has 2 aromatic carbocycles. The first kappa shape index (κ1) is 20.1. The van der Waals surface area contributed by atoms with E-state index in [1.54, 1.807) is 36.4 Å². The molecule has 27 heavy (non-hydrogen) atoms. The highest BCUT2D eigenvalue weighted by atomic mass is 16.4. The number of aliphatic carboxylic acids is 1. The van der Waals surface area contributed by atoms with Crippen molar-refractivity contribution in [2.75, 3.05) is 6.54 Å². The highest BCUT2D eigenvalue weighted by Crippen LogP contribution is 2.18. The van der Waals surface area contributed by atoms with Crippen molar-refractivity contribution in [1.29, 1.82) is 0 Å². The van der Waals surface area contributed by atoms with E-state index < -0.39 is 12.0 Å². The van der Waals surface area contributed by atoms with Crippen LogP contribution < -0.4 is 0 Å². The Morgan fingerprint density at radius 3 is 2.15 bits per heavy atom. The Labute approximate surface area is 159 Å². The first-order valence-corrected chi connectivity index (χ1v) is 8.66. The van der Waals surface area contributed by atoms with Crippen LogP contribution in [0, 0.1) is 18.3 Å². The summed E-state index contributed by atoms with van der Waals surface area (Å²) in [6, 6.07) is 11.6. The van der Waals surface area contributed by atoms with Gasteiger partial charge in [0, 0.05) is 24.1 Å². The molecule has 0 saturated carbocycles. The summed E-state index contributed by atoms with van der Waals surface area (Å²) >= 11 is 0. The van der Waals surface area contributed by atoms with Crippen LogP contribution in [-0.4, -0.2) is 39.6 Å². The molecular weight excluding hydrogens is 342 g/mol. The maximum atomic E-state index is 13.0. The number of phenols is 1. The number of hydrogen-bond donors (Lipinski definition) is 2. The smallest absolute Gasteiger partial charge is 0.326 e. The highest BCUT2D eigenvalue weighted by Gasteiger charge is 2.31. The first-order valence-electron chi connectivity index (χ1n) is 8.66. The Morgan fingerprint density at radius 2 is 1.67 bits per heavy atom. The molecule has 0 heterocycles. The van der Waals surface area contributed by atoms with Crippen LogP contribution in [-0.2, 0) is 11.2 Å². The van der Waals surface area contributed by atoms with Crippen molar-refractivity contribution in [2.45, 2.75) is 26.3 Å². The van der Waals surface area contributed by atoms with Gasteiger partial charge in [0.2, 0.25) is 0 Å². The fourth-order valence-electron chi connectivity index (χ4n) is 2.79. The van der Waals surface area contributed by atoms with E-state index >= 15 is 0 Å². The number of hydrogen-bond acceptors (Lipinski definition) is 3. The molecule has 1 radical (unpaired) electrons. The van der Waals surface area contributed by atoms with Crippen molar-refractivity contribution < 1.29 is 19.8 Å². The van der Waals surface area contributed by atoms with Gasteiger partial charge in [-0.1, -0.05) is 31.9 Å². The Kier molecular flexibility index (Phi) is 6.62. The Morgan fingerprint density at radius 1 is 1.07 bits per heavy atom. The molecule has 2 rings (SSSR count). The van der Waals surface area contributed by atoms with E-state index in [0.29, 0.717) is 17.7 Å². The number of amides is 1. The monoisotopic (exact) mass is 364 g/mol. The van der Waals surface area contributed by atoms with Gasteiger partial charge in [-0.25, -0.2) is 4.79 Å². The van der Waals surface area contributed by atoms with Crippen LogP contribution in [0.25, 0.3) is 0 Å². The van der Waals surface area contributed by atoms with Crippen LogP contribution in [0.1, 0.15) is 35.3 Å². The quantitative estimate of drug-likeness (QED) is 0.740. The summed E-state index contributed by atoms with van der Waals surface area (Å²) in [7, 11) is 0. The predicted octanol–water partition coefficient (Wildman–Crippen LogP) is 3.12. The third-order valence-corrected chi connectivity index (χ3v) is 4.13. The molecule has 0 aliphatic rings. The lowest BCUT2D eigenvalue weighted by atomic mass is 10.0. The number of benzene rings is 2. The molecule has 5 heteroatoms. The summed E-state index contributed by atoms with van der Waals surface area (Å²) in [6.45, 7) is 4.14. The second kappa shape index (κ2) is 8.91. The van der Waals surface area contributed by atoms with Gasteiger partial charge in [0.05, 0.1) is 0 Å². The maximum absolute atomic E-state index is 13.0. The lowest BCUT2D eigenvalue weighted by Crippen LogP contribution is -2.48. The predicted molar refractivity (Wildman–Crippen MR) is 102 cm³/mol. The van der Waals surface area contributed by atoms with E-state index in [2.05, 4.69) is 5.92 Å². The zero-order chi connectivity index (χ0) is 20.0. The minimum absolute atomic E-state index is 0.0878. The van der Waals surface area contributed by atoms with Crippen LogP contribution in [0.2, 0.25) is 0 Å². The molecular formula is C22H22NO4. The number of phenolic OH excluding ortho intramolecular Hbond substituents is 1. The summed E-state index contributed by atoms with van der Waals surface area (Å²) in [5.41, 5.74) is 1.63. The SMILES string of the molecule is [C]#Cc1ccc(C(=O)N(CC(C)C)C(Cc2ccc(O)cc2)C(=O)O)cc1. The van der Waals surface area contributed by atoms with Gasteiger partial charge in [-0.05, 0) is 54.3 Å². The van der Waals surface area contributed by atoms with Crippen LogP contribution >= 0.6 is 0 Å². The second-order valence-electron chi connectivity index (χ2n) is 6.78. The molecule has 2 N–H and O–H groups in total. The molecule has 1 unspecified atom stereocenters. The van der Waals surface area contributed by atoms with E-state index in [4.69, 9.17) is 6.42 Å². The zero-order valence-electron chi connectivity index (χ0n) is 15.3. The second-order valence-corrected chi connectivity index (χ2v) is 6.78. The lowest BCUT2D eigenvalue weighted by Gasteiger charge is -2.31. The summed E-state index contributed by atoms with van der Waals surface area (Å²) in [5, 5.41) is 19.2. The average Bonchev–Trinajstić information content (AvgIpc) is 2.65. The first-order chi connectivity index (χ1) is 12.8. The number of aromatic hydroxyl groups is 1. The molecule has 1 amide bonds. The van der Waals surface area contributed by atoms with Crippen molar-refractivity contribution in [2.24, 2.45) is 5.92 Å². The van der Waals surface area contributed by atoms with Crippen LogP contribution in [0.5, 0.6) is 5.75 Å². The fourth-order valence-corrected chi connectivity index (χ4v) is 2.79. The van der Waals surface area contributed by atoms with E-state index in [9.17, 15) is 19.8 Å². The highest BCUT2D eigenvalue weighted by molar-refractivity contribution is 5.96. The molecule has 0 aromatic heterocycles. The van der Waals surface area contributed by atoms with Crippen LogP contribution in [0.15, 0.2) is 48.5 Å². The zero-order valence-corrected chi connectivity index (χ0v) is 15.3.